The zero-order valence-corrected chi connectivity index (χ0v) is 32.9. The van der Waals surface area contributed by atoms with Crippen molar-refractivity contribution in [2.75, 3.05) is 13.2 Å². The van der Waals surface area contributed by atoms with Gasteiger partial charge < -0.3 is 19.7 Å². The highest BCUT2D eigenvalue weighted by Crippen LogP contribution is 2.46. The van der Waals surface area contributed by atoms with Gasteiger partial charge in [0.05, 0.1) is 13.2 Å². The average Bonchev–Trinajstić information content (AvgIpc) is 3.13. The van der Waals surface area contributed by atoms with Crippen molar-refractivity contribution in [1.82, 2.24) is 0 Å². The fourth-order valence-electron chi connectivity index (χ4n) is 7.64. The van der Waals surface area contributed by atoms with Crippen LogP contribution in [0.4, 0.5) is 0 Å². The highest BCUT2D eigenvalue weighted by molar-refractivity contribution is 5.89. The first kappa shape index (κ1) is 39.7. The predicted molar refractivity (Wildman–Crippen MR) is 228 cm³/mol. The Morgan fingerprint density at radius 3 is 1.07 bits per heavy atom. The zero-order chi connectivity index (χ0) is 38.1. The minimum Gasteiger partial charge on any atom is -0.507 e. The molecule has 0 amide bonds. The molecule has 4 nitrogen and oxygen atoms in total. The van der Waals surface area contributed by atoms with Crippen LogP contribution in [0.2, 0.25) is 0 Å². The highest BCUT2D eigenvalue weighted by Gasteiger charge is 2.21. The molecule has 4 heteroatoms. The maximum atomic E-state index is 11.8. The van der Waals surface area contributed by atoms with Crippen LogP contribution in [0.1, 0.15) is 69.5 Å². The summed E-state index contributed by atoms with van der Waals surface area (Å²) in [6, 6.07) is 28.4. The average molecular weight is 721 g/mol. The molecule has 0 bridgehead atoms. The zero-order valence-electron chi connectivity index (χ0n) is 32.9. The van der Waals surface area contributed by atoms with Crippen molar-refractivity contribution in [2.24, 2.45) is 0 Å². The maximum absolute atomic E-state index is 11.8. The lowest BCUT2D eigenvalue weighted by Crippen LogP contribution is -2.06. The van der Waals surface area contributed by atoms with Crippen LogP contribution in [0.5, 0.6) is 23.0 Å². The van der Waals surface area contributed by atoms with Crippen LogP contribution < -0.4 is 9.47 Å². The second kappa shape index (κ2) is 16.3. The molecule has 0 unspecified atom stereocenters. The number of hydrogen-bond donors (Lipinski definition) is 2. The lowest BCUT2D eigenvalue weighted by Gasteiger charge is -2.20. The second-order valence-electron chi connectivity index (χ2n) is 14.7. The number of phenols is 2. The molecule has 2 N–H and O–H groups in total. The Hall–Kier alpha value is -5.48. The lowest BCUT2D eigenvalue weighted by atomic mass is 9.86. The third-order valence-electron chi connectivity index (χ3n) is 10.9. The molecule has 0 aromatic heterocycles. The maximum Gasteiger partial charge on any atom is 0.131 e. The molecule has 0 spiro atoms. The van der Waals surface area contributed by atoms with Crippen LogP contribution in [0, 0.1) is 69.2 Å². The molecule has 0 saturated heterocycles. The standard InChI is InChI=1S/C49H52O4.CH4/c1-28-22-40(48(50)42(24-28)46-34(7)30(3)26-31(4)35(46)8)38-16-11-13-18-44(38)52-20-15-21-53-45-19-14-12-17-39(45)41-23-29(2)25-43(49(41)51)47-36(9)32(5)27-33(6)37(47)10;/h11-14,16-19,22-27,50-51H,15,20-21H2,1-10H3;1H4. The van der Waals surface area contributed by atoms with Gasteiger partial charge in [-0.25, -0.2) is 0 Å². The molecule has 0 fully saturated rings. The summed E-state index contributed by atoms with van der Waals surface area (Å²) in [6.07, 6.45) is 0.640. The van der Waals surface area contributed by atoms with Crippen molar-refractivity contribution >= 4 is 0 Å². The van der Waals surface area contributed by atoms with Crippen LogP contribution in [0.15, 0.2) is 84.9 Å². The Labute approximate surface area is 323 Å². The molecule has 6 rings (SSSR count). The van der Waals surface area contributed by atoms with Crippen LogP contribution in [0.25, 0.3) is 44.5 Å². The Kier molecular flexibility index (Phi) is 12.0. The molecular formula is C50H56O4. The normalized spacial score (nSPS) is 11.0. The number of hydrogen-bond acceptors (Lipinski definition) is 4. The van der Waals surface area contributed by atoms with Gasteiger partial charge in [0.2, 0.25) is 0 Å². The predicted octanol–water partition coefficient (Wildman–Crippen LogP) is 13.3. The number of para-hydroxylation sites is 2. The monoisotopic (exact) mass is 720 g/mol. The van der Waals surface area contributed by atoms with Crippen LogP contribution in [0.3, 0.4) is 0 Å². The number of ether oxygens (including phenoxy) is 2. The van der Waals surface area contributed by atoms with Gasteiger partial charge in [-0.3, -0.25) is 0 Å². The largest absolute Gasteiger partial charge is 0.507 e. The summed E-state index contributed by atoms with van der Waals surface area (Å²) in [5.41, 5.74) is 18.7. The molecule has 6 aromatic carbocycles. The number of benzene rings is 6. The topological polar surface area (TPSA) is 58.9 Å². The van der Waals surface area contributed by atoms with Crippen molar-refractivity contribution in [3.05, 3.63) is 141 Å². The Morgan fingerprint density at radius 1 is 0.407 bits per heavy atom. The van der Waals surface area contributed by atoms with E-state index in [0.717, 1.165) is 55.6 Å². The van der Waals surface area contributed by atoms with E-state index in [4.69, 9.17) is 9.47 Å². The summed E-state index contributed by atoms with van der Waals surface area (Å²) in [6.45, 7) is 22.0. The molecule has 0 aliphatic rings. The van der Waals surface area contributed by atoms with Gasteiger partial charge in [-0.05, 0) is 172 Å². The summed E-state index contributed by atoms with van der Waals surface area (Å²) in [5.74, 6) is 1.94. The SMILES string of the molecule is C.Cc1cc(-c2ccccc2OCCCOc2ccccc2-c2cc(C)cc(-c3c(C)c(C)cc(C)c3C)c2O)c(O)c(-c2c(C)c(C)cc(C)c2C)c1. The van der Waals surface area contributed by atoms with E-state index in [1.165, 1.54) is 44.5 Å². The fraction of sp³-hybridized carbons (Fsp3) is 0.280. The third kappa shape index (κ3) is 7.61. The fourth-order valence-corrected chi connectivity index (χ4v) is 7.64. The van der Waals surface area contributed by atoms with Gasteiger partial charge in [0.1, 0.15) is 23.0 Å². The molecule has 0 saturated carbocycles. The first-order chi connectivity index (χ1) is 25.3. The Bertz CT molecular complexity index is 2130. The lowest BCUT2D eigenvalue weighted by molar-refractivity contribution is 0.248. The van der Waals surface area contributed by atoms with Gasteiger partial charge >= 0.3 is 0 Å². The number of phenolic OH excluding ortho intramolecular Hbond substituents is 2. The molecule has 280 valence electrons. The number of aromatic hydroxyl groups is 2. The number of aryl methyl sites for hydroxylation is 6. The Morgan fingerprint density at radius 2 is 0.722 bits per heavy atom. The molecule has 0 aliphatic heterocycles. The van der Waals surface area contributed by atoms with Gasteiger partial charge in [-0.15, -0.1) is 0 Å². The Balaban J connectivity index is 0.00000561. The molecule has 0 radical (unpaired) electrons. The summed E-state index contributed by atoms with van der Waals surface area (Å²) < 4.78 is 12.8. The molecule has 54 heavy (non-hydrogen) atoms. The van der Waals surface area contributed by atoms with Gasteiger partial charge in [-0.2, -0.15) is 0 Å². The first-order valence-corrected chi connectivity index (χ1v) is 18.6. The van der Waals surface area contributed by atoms with Gasteiger partial charge in [-0.1, -0.05) is 56.0 Å². The highest BCUT2D eigenvalue weighted by atomic mass is 16.5. The van der Waals surface area contributed by atoms with Gasteiger partial charge in [0.15, 0.2) is 0 Å². The van der Waals surface area contributed by atoms with E-state index in [-0.39, 0.29) is 18.9 Å². The summed E-state index contributed by atoms with van der Waals surface area (Å²) >= 11 is 0. The molecule has 0 heterocycles. The van der Waals surface area contributed by atoms with Crippen molar-refractivity contribution in [3.8, 4) is 67.5 Å². The molecule has 0 aliphatic carbocycles. The quantitative estimate of drug-likeness (QED) is 0.138. The second-order valence-corrected chi connectivity index (χ2v) is 14.7. The van der Waals surface area contributed by atoms with E-state index in [0.29, 0.717) is 31.1 Å². The van der Waals surface area contributed by atoms with Crippen molar-refractivity contribution < 1.29 is 19.7 Å². The summed E-state index contributed by atoms with van der Waals surface area (Å²) in [7, 11) is 0. The van der Waals surface area contributed by atoms with Gasteiger partial charge in [0.25, 0.3) is 0 Å². The van der Waals surface area contributed by atoms with E-state index in [2.05, 4.69) is 93.5 Å². The molecule has 6 aromatic rings. The number of rotatable bonds is 10. The molecule has 0 atom stereocenters. The van der Waals surface area contributed by atoms with Crippen LogP contribution >= 0.6 is 0 Å². The van der Waals surface area contributed by atoms with E-state index in [9.17, 15) is 10.2 Å². The summed E-state index contributed by atoms with van der Waals surface area (Å²) in [5, 5.41) is 23.6. The van der Waals surface area contributed by atoms with Gasteiger partial charge in [0, 0.05) is 39.8 Å². The van der Waals surface area contributed by atoms with Crippen LogP contribution in [-0.4, -0.2) is 23.4 Å². The minimum absolute atomic E-state index is 0. The minimum atomic E-state index is 0. The van der Waals surface area contributed by atoms with Crippen molar-refractivity contribution in [1.29, 1.82) is 0 Å². The van der Waals surface area contributed by atoms with E-state index < -0.39 is 0 Å². The smallest absolute Gasteiger partial charge is 0.131 e. The first-order valence-electron chi connectivity index (χ1n) is 18.6. The van der Waals surface area contributed by atoms with E-state index >= 15 is 0 Å². The van der Waals surface area contributed by atoms with E-state index in [1.807, 2.05) is 60.7 Å². The van der Waals surface area contributed by atoms with Crippen LogP contribution in [-0.2, 0) is 0 Å². The summed E-state index contributed by atoms with van der Waals surface area (Å²) in [4.78, 5) is 0. The van der Waals surface area contributed by atoms with Crippen molar-refractivity contribution in [3.63, 3.8) is 0 Å². The molecular weight excluding hydrogens is 665 g/mol. The van der Waals surface area contributed by atoms with E-state index in [1.54, 1.807) is 0 Å². The third-order valence-corrected chi connectivity index (χ3v) is 10.9. The van der Waals surface area contributed by atoms with Crippen molar-refractivity contribution in [2.45, 2.75) is 83.1 Å².